The molecule has 1 aromatic heterocycles. The molecule has 2 N–H and O–H groups in total. The molecule has 3 aromatic rings. The molecule has 0 saturated heterocycles. The first-order valence-electron chi connectivity index (χ1n) is 9.15. The summed E-state index contributed by atoms with van der Waals surface area (Å²) in [7, 11) is 0. The molecule has 0 saturated carbocycles. The molecular formula is C20H22N6O2S. The second-order valence-corrected chi connectivity index (χ2v) is 7.31. The number of aryl methyl sites for hydroxylation is 1. The van der Waals surface area contributed by atoms with E-state index in [0.717, 1.165) is 16.8 Å². The Kier molecular flexibility index (Phi) is 6.61. The van der Waals surface area contributed by atoms with Crippen molar-refractivity contribution in [3.63, 3.8) is 0 Å². The summed E-state index contributed by atoms with van der Waals surface area (Å²) < 4.78 is 1.63. The number of carbonyl (C=O) groups is 2. The van der Waals surface area contributed by atoms with Crippen LogP contribution in [0, 0.1) is 13.8 Å². The van der Waals surface area contributed by atoms with E-state index in [-0.39, 0.29) is 17.6 Å². The minimum absolute atomic E-state index is 0.136. The highest BCUT2D eigenvalue weighted by Crippen LogP contribution is 2.22. The van der Waals surface area contributed by atoms with Gasteiger partial charge in [-0.2, -0.15) is 4.68 Å². The van der Waals surface area contributed by atoms with Gasteiger partial charge in [0.15, 0.2) is 0 Å². The summed E-state index contributed by atoms with van der Waals surface area (Å²) >= 11 is 1.24. The molecule has 0 aliphatic heterocycles. The molecule has 0 unspecified atom stereocenters. The Morgan fingerprint density at radius 2 is 1.93 bits per heavy atom. The highest BCUT2D eigenvalue weighted by molar-refractivity contribution is 7.99. The lowest BCUT2D eigenvalue weighted by atomic mass is 10.1. The molecule has 2 amide bonds. The quantitative estimate of drug-likeness (QED) is 0.581. The standard InChI is InChI=1S/C20H22N6O2S/c1-4-21-19(28)15-8-6-9-16(11-15)22-18(27)12-29-20-23-24-25-26(20)17-10-5-7-13(2)14(17)3/h5-11H,4,12H2,1-3H3,(H,21,28)(H,22,27). The number of hydrogen-bond acceptors (Lipinski definition) is 6. The van der Waals surface area contributed by atoms with Crippen LogP contribution >= 0.6 is 11.8 Å². The summed E-state index contributed by atoms with van der Waals surface area (Å²) in [6, 6.07) is 12.7. The van der Waals surface area contributed by atoms with Gasteiger partial charge in [-0.15, -0.1) is 5.10 Å². The average molecular weight is 411 g/mol. The molecule has 0 radical (unpaired) electrons. The second kappa shape index (κ2) is 9.33. The second-order valence-electron chi connectivity index (χ2n) is 6.37. The third-order valence-electron chi connectivity index (χ3n) is 4.32. The maximum Gasteiger partial charge on any atom is 0.251 e. The van der Waals surface area contributed by atoms with Crippen LogP contribution in [0.15, 0.2) is 47.6 Å². The van der Waals surface area contributed by atoms with E-state index in [1.807, 2.05) is 39.0 Å². The van der Waals surface area contributed by atoms with E-state index in [2.05, 4.69) is 26.2 Å². The van der Waals surface area contributed by atoms with Crippen LogP contribution in [-0.4, -0.2) is 44.3 Å². The first-order chi connectivity index (χ1) is 14.0. The van der Waals surface area contributed by atoms with Gasteiger partial charge in [-0.1, -0.05) is 30.0 Å². The summed E-state index contributed by atoms with van der Waals surface area (Å²) in [5.41, 5.74) is 4.16. The third-order valence-corrected chi connectivity index (χ3v) is 5.24. The van der Waals surface area contributed by atoms with Crippen LogP contribution in [0.2, 0.25) is 0 Å². The van der Waals surface area contributed by atoms with Gasteiger partial charge in [0.2, 0.25) is 11.1 Å². The number of nitrogens with zero attached hydrogens (tertiary/aromatic N) is 4. The smallest absolute Gasteiger partial charge is 0.251 e. The van der Waals surface area contributed by atoms with Gasteiger partial charge >= 0.3 is 0 Å². The van der Waals surface area contributed by atoms with E-state index in [9.17, 15) is 9.59 Å². The summed E-state index contributed by atoms with van der Waals surface area (Å²) in [6.07, 6.45) is 0. The fourth-order valence-electron chi connectivity index (χ4n) is 2.71. The zero-order valence-corrected chi connectivity index (χ0v) is 17.3. The molecule has 3 rings (SSSR count). The maximum absolute atomic E-state index is 12.4. The van der Waals surface area contributed by atoms with Crippen LogP contribution < -0.4 is 10.6 Å². The van der Waals surface area contributed by atoms with E-state index in [4.69, 9.17) is 0 Å². The van der Waals surface area contributed by atoms with E-state index < -0.39 is 0 Å². The Balaban J connectivity index is 1.66. The molecule has 150 valence electrons. The van der Waals surface area contributed by atoms with Crippen molar-refractivity contribution in [1.29, 1.82) is 0 Å². The SMILES string of the molecule is CCNC(=O)c1cccc(NC(=O)CSc2nnnn2-c2cccc(C)c2C)c1. The predicted octanol–water partition coefficient (Wildman–Crippen LogP) is 2.76. The Labute approximate surface area is 173 Å². The van der Waals surface area contributed by atoms with Crippen LogP contribution in [-0.2, 0) is 4.79 Å². The molecule has 0 bridgehead atoms. The molecule has 0 atom stereocenters. The Bertz CT molecular complexity index is 1030. The monoisotopic (exact) mass is 410 g/mol. The minimum atomic E-state index is -0.210. The number of benzene rings is 2. The van der Waals surface area contributed by atoms with Gasteiger partial charge < -0.3 is 10.6 Å². The van der Waals surface area contributed by atoms with E-state index >= 15 is 0 Å². The molecule has 0 aliphatic carbocycles. The molecule has 1 heterocycles. The third kappa shape index (κ3) is 5.00. The van der Waals surface area contributed by atoms with Gasteiger partial charge in [0, 0.05) is 17.8 Å². The van der Waals surface area contributed by atoms with Crippen molar-refractivity contribution >= 4 is 29.3 Å². The highest BCUT2D eigenvalue weighted by atomic mass is 32.2. The zero-order valence-electron chi connectivity index (χ0n) is 16.5. The number of hydrogen-bond donors (Lipinski definition) is 2. The summed E-state index contributed by atoms with van der Waals surface area (Å²) in [5.74, 6) is -0.249. The molecule has 0 spiro atoms. The number of thioether (sulfide) groups is 1. The minimum Gasteiger partial charge on any atom is -0.352 e. The number of aromatic nitrogens is 4. The van der Waals surface area contributed by atoms with Crippen molar-refractivity contribution in [2.45, 2.75) is 25.9 Å². The molecule has 9 heteroatoms. The van der Waals surface area contributed by atoms with Gasteiger partial charge in [-0.05, 0) is 66.6 Å². The number of amides is 2. The van der Waals surface area contributed by atoms with Crippen LogP contribution in [0.3, 0.4) is 0 Å². The number of carbonyl (C=O) groups excluding carboxylic acids is 2. The fraction of sp³-hybridized carbons (Fsp3) is 0.250. The van der Waals surface area contributed by atoms with Crippen molar-refractivity contribution < 1.29 is 9.59 Å². The maximum atomic E-state index is 12.4. The van der Waals surface area contributed by atoms with E-state index in [1.54, 1.807) is 28.9 Å². The van der Waals surface area contributed by atoms with E-state index in [1.165, 1.54) is 11.8 Å². The summed E-state index contributed by atoms with van der Waals surface area (Å²) in [4.78, 5) is 24.3. The fourth-order valence-corrected chi connectivity index (χ4v) is 3.40. The van der Waals surface area contributed by atoms with Gasteiger partial charge in [0.25, 0.3) is 5.91 Å². The van der Waals surface area contributed by atoms with Crippen molar-refractivity contribution in [2.24, 2.45) is 0 Å². The summed E-state index contributed by atoms with van der Waals surface area (Å²) in [6.45, 7) is 6.43. The first-order valence-corrected chi connectivity index (χ1v) is 10.1. The number of tetrazole rings is 1. The normalized spacial score (nSPS) is 10.6. The Morgan fingerprint density at radius 1 is 1.14 bits per heavy atom. The molecule has 29 heavy (non-hydrogen) atoms. The topological polar surface area (TPSA) is 102 Å². The van der Waals surface area contributed by atoms with Crippen LogP contribution in [0.1, 0.15) is 28.4 Å². The van der Waals surface area contributed by atoms with Crippen molar-refractivity contribution in [1.82, 2.24) is 25.5 Å². The summed E-state index contributed by atoms with van der Waals surface area (Å²) in [5, 5.41) is 17.9. The number of nitrogens with one attached hydrogen (secondary N) is 2. The molecular weight excluding hydrogens is 388 g/mol. The van der Waals surface area contributed by atoms with Gasteiger partial charge in [-0.3, -0.25) is 9.59 Å². The first kappa shape index (κ1) is 20.5. The Hall–Kier alpha value is -3.20. The molecule has 2 aromatic carbocycles. The number of rotatable bonds is 7. The van der Waals surface area contributed by atoms with Crippen molar-refractivity contribution in [2.75, 3.05) is 17.6 Å². The molecule has 0 fully saturated rings. The lowest BCUT2D eigenvalue weighted by molar-refractivity contribution is -0.113. The van der Waals surface area contributed by atoms with E-state index in [0.29, 0.717) is 23.0 Å². The lowest BCUT2D eigenvalue weighted by Crippen LogP contribution is -2.23. The Morgan fingerprint density at radius 3 is 2.72 bits per heavy atom. The average Bonchev–Trinajstić information content (AvgIpc) is 3.17. The predicted molar refractivity (Wildman–Crippen MR) is 112 cm³/mol. The molecule has 8 nitrogen and oxygen atoms in total. The van der Waals surface area contributed by atoms with Gasteiger partial charge in [-0.25, -0.2) is 0 Å². The molecule has 0 aliphatic rings. The van der Waals surface area contributed by atoms with Crippen molar-refractivity contribution in [3.8, 4) is 5.69 Å². The van der Waals surface area contributed by atoms with Gasteiger partial charge in [0.1, 0.15) is 0 Å². The highest BCUT2D eigenvalue weighted by Gasteiger charge is 2.14. The van der Waals surface area contributed by atoms with Crippen LogP contribution in [0.5, 0.6) is 0 Å². The van der Waals surface area contributed by atoms with Gasteiger partial charge in [0.05, 0.1) is 11.4 Å². The van der Waals surface area contributed by atoms with Crippen molar-refractivity contribution in [3.05, 3.63) is 59.2 Å². The largest absolute Gasteiger partial charge is 0.352 e. The zero-order chi connectivity index (χ0) is 20.8. The lowest BCUT2D eigenvalue weighted by Gasteiger charge is -2.10. The van der Waals surface area contributed by atoms with Crippen LogP contribution in [0.25, 0.3) is 5.69 Å². The van der Waals surface area contributed by atoms with Crippen LogP contribution in [0.4, 0.5) is 5.69 Å². The number of anilines is 1.